The minimum atomic E-state index is -1.11. The topological polar surface area (TPSA) is 63.3 Å². The summed E-state index contributed by atoms with van der Waals surface area (Å²) in [5, 5.41) is 8.67. The molecule has 0 amide bonds. The van der Waals surface area contributed by atoms with Crippen LogP contribution in [0.3, 0.4) is 0 Å². The van der Waals surface area contributed by atoms with Crippen molar-refractivity contribution in [2.45, 2.75) is 6.04 Å². The summed E-state index contributed by atoms with van der Waals surface area (Å²) in [6.45, 7) is 3.41. The summed E-state index contributed by atoms with van der Waals surface area (Å²) in [5.41, 5.74) is 5.66. The van der Waals surface area contributed by atoms with Crippen molar-refractivity contribution in [2.75, 3.05) is 0 Å². The van der Waals surface area contributed by atoms with E-state index in [-0.39, 0.29) is 23.5 Å². The molecule has 0 saturated carbocycles. The van der Waals surface area contributed by atoms with Gasteiger partial charge < -0.3 is 10.8 Å². The Bertz CT molecular complexity index is 382. The second-order valence-corrected chi connectivity index (χ2v) is 2.80. The van der Waals surface area contributed by atoms with Gasteiger partial charge in [-0.05, 0) is 18.2 Å². The van der Waals surface area contributed by atoms with Gasteiger partial charge in [0.25, 0.3) is 0 Å². The molecule has 0 unspecified atom stereocenters. The predicted octanol–water partition coefficient (Wildman–Crippen LogP) is 2.13. The third kappa shape index (κ3) is 3.04. The zero-order chi connectivity index (χ0) is 10.7. The predicted molar refractivity (Wildman–Crippen MR) is 57.7 cm³/mol. The number of hydrogen-bond acceptors (Lipinski definition) is 2. The van der Waals surface area contributed by atoms with Crippen molar-refractivity contribution in [3.05, 3.63) is 47.8 Å². The second kappa shape index (κ2) is 5.48. The van der Waals surface area contributed by atoms with Gasteiger partial charge in [-0.2, -0.15) is 0 Å². The summed E-state index contributed by atoms with van der Waals surface area (Å²) < 4.78 is 13.1. The van der Waals surface area contributed by atoms with E-state index in [1.807, 2.05) is 0 Å². The van der Waals surface area contributed by atoms with Gasteiger partial charge in [0, 0.05) is 5.56 Å². The number of aromatic carboxylic acids is 1. The van der Waals surface area contributed by atoms with E-state index in [0.717, 1.165) is 6.07 Å². The molecule has 3 N–H and O–H groups in total. The fraction of sp³-hybridized carbons (Fsp3) is 0.100. The zero-order valence-corrected chi connectivity index (χ0v) is 8.63. The summed E-state index contributed by atoms with van der Waals surface area (Å²) >= 11 is 0. The highest BCUT2D eigenvalue weighted by Crippen LogP contribution is 2.17. The molecule has 5 heteroatoms. The number of carbonyl (C=O) groups is 1. The van der Waals surface area contributed by atoms with Crippen LogP contribution in [0.4, 0.5) is 4.39 Å². The van der Waals surface area contributed by atoms with E-state index < -0.39 is 17.8 Å². The van der Waals surface area contributed by atoms with Crippen LogP contribution in [0.25, 0.3) is 0 Å². The van der Waals surface area contributed by atoms with Crippen molar-refractivity contribution in [2.24, 2.45) is 5.73 Å². The van der Waals surface area contributed by atoms with Crippen LogP contribution in [0.5, 0.6) is 0 Å². The fourth-order valence-electron chi connectivity index (χ4n) is 1.06. The fourth-order valence-corrected chi connectivity index (χ4v) is 1.06. The van der Waals surface area contributed by atoms with Gasteiger partial charge in [0.2, 0.25) is 0 Å². The smallest absolute Gasteiger partial charge is 0.335 e. The van der Waals surface area contributed by atoms with E-state index in [0.29, 0.717) is 0 Å². The van der Waals surface area contributed by atoms with Crippen LogP contribution >= 0.6 is 12.4 Å². The molecule has 15 heavy (non-hydrogen) atoms. The van der Waals surface area contributed by atoms with Gasteiger partial charge in [0.05, 0.1) is 11.6 Å². The van der Waals surface area contributed by atoms with Gasteiger partial charge in [0.15, 0.2) is 0 Å². The van der Waals surface area contributed by atoms with Crippen molar-refractivity contribution in [1.29, 1.82) is 0 Å². The Hall–Kier alpha value is -1.39. The van der Waals surface area contributed by atoms with Crippen molar-refractivity contribution < 1.29 is 14.3 Å². The van der Waals surface area contributed by atoms with Crippen LogP contribution in [0.15, 0.2) is 30.9 Å². The lowest BCUT2D eigenvalue weighted by atomic mass is 10.0. The normalized spacial score (nSPS) is 11.3. The van der Waals surface area contributed by atoms with Crippen molar-refractivity contribution in [3.63, 3.8) is 0 Å². The lowest BCUT2D eigenvalue weighted by molar-refractivity contribution is 0.0696. The third-order valence-corrected chi connectivity index (χ3v) is 1.86. The van der Waals surface area contributed by atoms with Crippen molar-refractivity contribution in [3.8, 4) is 0 Å². The Balaban J connectivity index is 0.00000196. The minimum absolute atomic E-state index is 0. The molecule has 0 aliphatic carbocycles. The molecule has 0 fully saturated rings. The largest absolute Gasteiger partial charge is 0.478 e. The Morgan fingerprint density at radius 2 is 2.20 bits per heavy atom. The first-order chi connectivity index (χ1) is 6.56. The molecule has 82 valence electrons. The Morgan fingerprint density at radius 3 is 2.67 bits per heavy atom. The average molecular weight is 232 g/mol. The Morgan fingerprint density at radius 1 is 1.60 bits per heavy atom. The molecular formula is C10H11ClFNO2. The number of carboxylic acids is 1. The highest BCUT2D eigenvalue weighted by atomic mass is 35.5. The third-order valence-electron chi connectivity index (χ3n) is 1.86. The second-order valence-electron chi connectivity index (χ2n) is 2.80. The lowest BCUT2D eigenvalue weighted by Crippen LogP contribution is -2.10. The monoisotopic (exact) mass is 231 g/mol. The number of carboxylic acid groups (broad SMARTS) is 1. The molecule has 0 aliphatic heterocycles. The lowest BCUT2D eigenvalue weighted by Gasteiger charge is -2.08. The van der Waals surface area contributed by atoms with E-state index in [1.165, 1.54) is 18.2 Å². The van der Waals surface area contributed by atoms with Crippen LogP contribution in [0.1, 0.15) is 22.0 Å². The van der Waals surface area contributed by atoms with Crippen LogP contribution in [-0.2, 0) is 0 Å². The van der Waals surface area contributed by atoms with Gasteiger partial charge in [0.1, 0.15) is 5.82 Å². The van der Waals surface area contributed by atoms with Crippen LogP contribution in [0.2, 0.25) is 0 Å². The molecule has 1 atom stereocenters. The van der Waals surface area contributed by atoms with E-state index in [4.69, 9.17) is 10.8 Å². The number of rotatable bonds is 3. The summed E-state index contributed by atoms with van der Waals surface area (Å²) in [6, 6.07) is 2.80. The molecule has 0 aromatic heterocycles. The maximum atomic E-state index is 13.1. The molecule has 1 rings (SSSR count). The van der Waals surface area contributed by atoms with Gasteiger partial charge in [-0.25, -0.2) is 9.18 Å². The number of halogens is 2. The minimum Gasteiger partial charge on any atom is -0.478 e. The molecular weight excluding hydrogens is 221 g/mol. The van der Waals surface area contributed by atoms with Crippen molar-refractivity contribution >= 4 is 18.4 Å². The number of nitrogens with two attached hydrogens (primary N) is 1. The number of benzene rings is 1. The van der Waals surface area contributed by atoms with Crippen LogP contribution < -0.4 is 5.73 Å². The van der Waals surface area contributed by atoms with E-state index in [1.54, 1.807) is 0 Å². The summed E-state index contributed by atoms with van der Waals surface area (Å²) in [5.74, 6) is -1.63. The van der Waals surface area contributed by atoms with E-state index in [2.05, 4.69) is 6.58 Å². The Labute approximate surface area is 92.8 Å². The first kappa shape index (κ1) is 13.6. The zero-order valence-electron chi connectivity index (χ0n) is 7.81. The van der Waals surface area contributed by atoms with Crippen molar-refractivity contribution in [1.82, 2.24) is 0 Å². The molecule has 3 nitrogen and oxygen atoms in total. The highest BCUT2D eigenvalue weighted by Gasteiger charge is 2.11. The molecule has 1 aromatic rings. The summed E-state index contributed by atoms with van der Waals surface area (Å²) in [6.07, 6.45) is 1.35. The van der Waals surface area contributed by atoms with Crippen LogP contribution in [-0.4, -0.2) is 11.1 Å². The van der Waals surface area contributed by atoms with Gasteiger partial charge in [-0.15, -0.1) is 19.0 Å². The average Bonchev–Trinajstić information content (AvgIpc) is 2.17. The number of hydrogen-bond donors (Lipinski definition) is 2. The first-order valence-corrected chi connectivity index (χ1v) is 3.97. The van der Waals surface area contributed by atoms with E-state index in [9.17, 15) is 9.18 Å². The molecule has 0 radical (unpaired) electrons. The molecule has 0 bridgehead atoms. The molecule has 0 spiro atoms. The van der Waals surface area contributed by atoms with Crippen LogP contribution in [0, 0.1) is 5.82 Å². The standard InChI is InChI=1S/C10H10FNO2.ClH/c1-2-9(12)7-5-6(10(13)14)3-4-8(7)11;/h2-5,9H,1,12H2,(H,13,14);1H/t9-;/m1./s1. The van der Waals surface area contributed by atoms with Gasteiger partial charge in [-0.3, -0.25) is 0 Å². The first-order valence-electron chi connectivity index (χ1n) is 3.97. The molecule has 0 saturated heterocycles. The molecule has 0 aliphatic rings. The summed E-state index contributed by atoms with van der Waals surface area (Å²) in [7, 11) is 0. The SMILES string of the molecule is C=C[C@@H](N)c1cc(C(=O)O)ccc1F.Cl. The maximum Gasteiger partial charge on any atom is 0.335 e. The van der Waals surface area contributed by atoms with Gasteiger partial charge in [-0.1, -0.05) is 6.08 Å². The van der Waals surface area contributed by atoms with Gasteiger partial charge >= 0.3 is 5.97 Å². The summed E-state index contributed by atoms with van der Waals surface area (Å²) in [4.78, 5) is 10.6. The maximum absolute atomic E-state index is 13.1. The Kier molecular flexibility index (Phi) is 4.97. The van der Waals surface area contributed by atoms with E-state index >= 15 is 0 Å². The quantitative estimate of drug-likeness (QED) is 0.784. The molecule has 0 heterocycles. The highest BCUT2D eigenvalue weighted by molar-refractivity contribution is 5.87. The molecule has 1 aromatic carbocycles.